The van der Waals surface area contributed by atoms with Crippen molar-refractivity contribution in [1.29, 1.82) is 0 Å². The fourth-order valence-electron chi connectivity index (χ4n) is 2.57. The third kappa shape index (κ3) is 11.8. The normalized spacial score (nSPS) is 14.5. The molecule has 4 amide bonds. The molecule has 0 heterocycles. The molecular weight excluding hydrogens is 444 g/mol. The number of primary amides is 1. The largest absolute Gasteiger partial charge is 0.480 e. The van der Waals surface area contributed by atoms with Crippen molar-refractivity contribution < 1.29 is 34.2 Å². The predicted molar refractivity (Wildman–Crippen MR) is 118 cm³/mol. The molecule has 0 bridgehead atoms. The lowest BCUT2D eigenvalue weighted by Gasteiger charge is -2.24. The number of thioether (sulfide) groups is 1. The van der Waals surface area contributed by atoms with Gasteiger partial charge in [0.15, 0.2) is 0 Å². The average Bonchev–Trinajstić information content (AvgIpc) is 2.73. The van der Waals surface area contributed by atoms with Crippen LogP contribution in [0.25, 0.3) is 0 Å². The lowest BCUT2D eigenvalue weighted by atomic mass is 10.1. The Kier molecular flexibility index (Phi) is 15.0. The first kappa shape index (κ1) is 29.6. The zero-order valence-electron chi connectivity index (χ0n) is 18.0. The number of carbonyl (C=O) groups is 5. The van der Waals surface area contributed by atoms with Gasteiger partial charge in [-0.1, -0.05) is 0 Å². The van der Waals surface area contributed by atoms with E-state index in [0.717, 1.165) is 0 Å². The summed E-state index contributed by atoms with van der Waals surface area (Å²) in [6, 6.07) is -5.03. The van der Waals surface area contributed by atoms with Gasteiger partial charge in [-0.2, -0.15) is 11.8 Å². The highest BCUT2D eigenvalue weighted by Gasteiger charge is 2.30. The molecular formula is C18H34N6O7S. The zero-order chi connectivity index (χ0) is 24.7. The minimum absolute atomic E-state index is 0.112. The Bertz CT molecular complexity index is 651. The molecule has 0 spiro atoms. The van der Waals surface area contributed by atoms with Crippen LogP contribution in [0.5, 0.6) is 0 Å². The average molecular weight is 479 g/mol. The van der Waals surface area contributed by atoms with Crippen LogP contribution < -0.4 is 33.2 Å². The number of hydrogen-bond acceptors (Lipinski definition) is 9. The SMILES string of the molecule is CSCCC(NC(=O)C(N)CO)C(=O)NC(CC(N)=O)C(=O)NC(CCCCN)C(=O)O. The number of nitrogens with two attached hydrogens (primary N) is 3. The number of hydrogen-bond donors (Lipinski definition) is 8. The highest BCUT2D eigenvalue weighted by Crippen LogP contribution is 2.05. The first-order valence-corrected chi connectivity index (χ1v) is 11.4. The van der Waals surface area contributed by atoms with Crippen LogP contribution in [0, 0.1) is 0 Å². The van der Waals surface area contributed by atoms with Crippen LogP contribution in [-0.2, 0) is 24.0 Å². The molecule has 0 fully saturated rings. The highest BCUT2D eigenvalue weighted by atomic mass is 32.2. The molecule has 0 aromatic carbocycles. The number of amides is 4. The van der Waals surface area contributed by atoms with Gasteiger partial charge in [0.05, 0.1) is 13.0 Å². The van der Waals surface area contributed by atoms with E-state index >= 15 is 0 Å². The number of nitrogens with one attached hydrogen (secondary N) is 3. The molecule has 0 rings (SSSR count). The summed E-state index contributed by atoms with van der Waals surface area (Å²) < 4.78 is 0. The van der Waals surface area contributed by atoms with E-state index in [4.69, 9.17) is 22.3 Å². The molecule has 13 nitrogen and oxygen atoms in total. The summed E-state index contributed by atoms with van der Waals surface area (Å²) in [5.41, 5.74) is 16.0. The third-order valence-corrected chi connectivity index (χ3v) is 5.02. The smallest absolute Gasteiger partial charge is 0.326 e. The monoisotopic (exact) mass is 478 g/mol. The van der Waals surface area contributed by atoms with Gasteiger partial charge in [-0.15, -0.1) is 0 Å². The van der Waals surface area contributed by atoms with Crippen molar-refractivity contribution in [3.05, 3.63) is 0 Å². The Morgan fingerprint density at radius 3 is 1.97 bits per heavy atom. The summed E-state index contributed by atoms with van der Waals surface area (Å²) in [5, 5.41) is 25.3. The summed E-state index contributed by atoms with van der Waals surface area (Å²) >= 11 is 1.41. The van der Waals surface area contributed by atoms with E-state index in [2.05, 4.69) is 16.0 Å². The zero-order valence-corrected chi connectivity index (χ0v) is 18.9. The van der Waals surface area contributed by atoms with Crippen LogP contribution in [0.15, 0.2) is 0 Å². The highest BCUT2D eigenvalue weighted by molar-refractivity contribution is 7.98. The van der Waals surface area contributed by atoms with Crippen molar-refractivity contribution in [3.8, 4) is 0 Å². The van der Waals surface area contributed by atoms with E-state index in [-0.39, 0.29) is 12.8 Å². The van der Waals surface area contributed by atoms with E-state index in [1.54, 1.807) is 6.26 Å². The topological polar surface area (TPSA) is 240 Å². The van der Waals surface area contributed by atoms with E-state index in [0.29, 0.717) is 25.1 Å². The van der Waals surface area contributed by atoms with Crippen LogP contribution in [0.4, 0.5) is 0 Å². The van der Waals surface area contributed by atoms with Crippen LogP contribution in [0.1, 0.15) is 32.1 Å². The van der Waals surface area contributed by atoms with Gasteiger partial charge in [-0.05, 0) is 44.2 Å². The number of carboxylic acid groups (broad SMARTS) is 1. The number of aliphatic carboxylic acids is 1. The molecule has 0 saturated heterocycles. The Hall–Kier alpha value is -2.42. The Morgan fingerprint density at radius 2 is 1.47 bits per heavy atom. The molecule has 0 radical (unpaired) electrons. The van der Waals surface area contributed by atoms with E-state index in [1.165, 1.54) is 11.8 Å². The van der Waals surface area contributed by atoms with Gasteiger partial charge in [-0.25, -0.2) is 4.79 Å². The first-order chi connectivity index (χ1) is 15.1. The minimum atomic E-state index is -1.45. The second kappa shape index (κ2) is 16.2. The molecule has 0 aliphatic heterocycles. The lowest BCUT2D eigenvalue weighted by Crippen LogP contribution is -2.58. The molecule has 11 N–H and O–H groups in total. The second-order valence-corrected chi connectivity index (χ2v) is 8.03. The lowest BCUT2D eigenvalue weighted by molar-refractivity contribution is -0.142. The fraction of sp³-hybridized carbons (Fsp3) is 0.722. The Balaban J connectivity index is 5.37. The number of carbonyl (C=O) groups excluding carboxylic acids is 4. The van der Waals surface area contributed by atoms with Crippen molar-refractivity contribution in [2.45, 2.75) is 56.3 Å². The van der Waals surface area contributed by atoms with Gasteiger partial charge in [0, 0.05) is 0 Å². The van der Waals surface area contributed by atoms with Gasteiger partial charge in [0.2, 0.25) is 23.6 Å². The molecule has 32 heavy (non-hydrogen) atoms. The number of carboxylic acids is 1. The van der Waals surface area contributed by atoms with E-state index in [9.17, 15) is 29.1 Å². The number of unbranched alkanes of at least 4 members (excludes halogenated alkanes) is 1. The standard InChI is InChI=1S/C18H34N6O7S/c1-32-7-5-11(22-15(27)10(20)9-25)16(28)24-13(8-14(21)26)17(29)23-12(18(30)31)4-2-3-6-19/h10-13,25H,2-9,19-20H2,1H3,(H2,21,26)(H,22,27)(H,23,29)(H,24,28)(H,30,31). The van der Waals surface area contributed by atoms with Crippen LogP contribution in [-0.4, -0.2) is 89.1 Å². The Morgan fingerprint density at radius 1 is 0.906 bits per heavy atom. The summed E-state index contributed by atoms with van der Waals surface area (Å²) in [5.74, 6) is -4.15. The Labute approximate surface area is 190 Å². The van der Waals surface area contributed by atoms with Gasteiger partial charge in [-0.3, -0.25) is 19.2 Å². The van der Waals surface area contributed by atoms with Crippen LogP contribution in [0.2, 0.25) is 0 Å². The fourth-order valence-corrected chi connectivity index (χ4v) is 3.04. The summed E-state index contributed by atoms with van der Waals surface area (Å²) in [4.78, 5) is 60.2. The number of aliphatic hydroxyl groups excluding tert-OH is 1. The van der Waals surface area contributed by atoms with Crippen LogP contribution >= 0.6 is 11.8 Å². The maximum Gasteiger partial charge on any atom is 0.326 e. The number of rotatable bonds is 17. The molecule has 0 saturated carbocycles. The van der Waals surface area contributed by atoms with Crippen molar-refractivity contribution in [2.75, 3.05) is 25.2 Å². The molecule has 0 aromatic rings. The first-order valence-electron chi connectivity index (χ1n) is 10.0. The molecule has 0 aliphatic rings. The maximum atomic E-state index is 12.7. The van der Waals surface area contributed by atoms with Crippen molar-refractivity contribution >= 4 is 41.4 Å². The minimum Gasteiger partial charge on any atom is -0.480 e. The molecule has 14 heteroatoms. The quantitative estimate of drug-likeness (QED) is 0.0963. The van der Waals surface area contributed by atoms with Gasteiger partial charge < -0.3 is 43.4 Å². The van der Waals surface area contributed by atoms with Gasteiger partial charge in [0.25, 0.3) is 0 Å². The molecule has 184 valence electrons. The summed E-state index contributed by atoms with van der Waals surface area (Å²) in [6.45, 7) is -0.264. The van der Waals surface area contributed by atoms with Gasteiger partial charge in [0.1, 0.15) is 24.2 Å². The third-order valence-electron chi connectivity index (χ3n) is 4.38. The molecule has 0 aliphatic carbocycles. The molecule has 0 aromatic heterocycles. The van der Waals surface area contributed by atoms with Gasteiger partial charge >= 0.3 is 5.97 Å². The second-order valence-electron chi connectivity index (χ2n) is 7.05. The van der Waals surface area contributed by atoms with E-state index < -0.39 is 66.8 Å². The summed E-state index contributed by atoms with van der Waals surface area (Å²) in [7, 11) is 0. The van der Waals surface area contributed by atoms with E-state index in [1.807, 2.05) is 0 Å². The maximum absolute atomic E-state index is 12.7. The predicted octanol–water partition coefficient (Wildman–Crippen LogP) is -3.40. The molecule has 4 atom stereocenters. The number of aliphatic hydroxyl groups is 1. The van der Waals surface area contributed by atoms with Crippen molar-refractivity contribution in [1.82, 2.24) is 16.0 Å². The summed E-state index contributed by atoms with van der Waals surface area (Å²) in [6.07, 6.45) is 2.52. The van der Waals surface area contributed by atoms with Crippen LogP contribution in [0.3, 0.4) is 0 Å². The molecule has 4 unspecified atom stereocenters. The van der Waals surface area contributed by atoms with Crippen molar-refractivity contribution in [2.24, 2.45) is 17.2 Å². The van der Waals surface area contributed by atoms with Crippen molar-refractivity contribution in [3.63, 3.8) is 0 Å².